The predicted molar refractivity (Wildman–Crippen MR) is 119 cm³/mol. The normalized spacial score (nSPS) is 15.8. The maximum atomic E-state index is 12.8. The van der Waals surface area contributed by atoms with Gasteiger partial charge in [0.1, 0.15) is 16.8 Å². The molecule has 30 heavy (non-hydrogen) atoms. The first-order chi connectivity index (χ1) is 14.7. The van der Waals surface area contributed by atoms with E-state index in [1.165, 1.54) is 11.3 Å². The fraction of sp³-hybridized carbons (Fsp3) is 0.0417. The smallest absolute Gasteiger partial charge is 0.281 e. The van der Waals surface area contributed by atoms with E-state index in [0.29, 0.717) is 21.8 Å². The number of allylic oxidation sites excluding steroid dienone is 1. The lowest BCUT2D eigenvalue weighted by Gasteiger charge is -2.18. The molecule has 0 unspecified atom stereocenters. The van der Waals surface area contributed by atoms with Crippen molar-refractivity contribution in [3.8, 4) is 0 Å². The van der Waals surface area contributed by atoms with E-state index in [-0.39, 0.29) is 11.3 Å². The SMILES string of the molecule is O=c1nc2n(c3ccccc13)[C@@H](c1ccccc1)C(O)=C2c1nc2ccccc2s1. The van der Waals surface area contributed by atoms with E-state index >= 15 is 0 Å². The Morgan fingerprint density at radius 1 is 0.867 bits per heavy atom. The van der Waals surface area contributed by atoms with E-state index in [1.807, 2.05) is 77.4 Å². The zero-order valence-corrected chi connectivity index (χ0v) is 16.5. The number of aliphatic hydroxyl groups is 1. The van der Waals surface area contributed by atoms with Crippen LogP contribution in [0.3, 0.4) is 0 Å². The van der Waals surface area contributed by atoms with Crippen molar-refractivity contribution in [3.05, 3.63) is 111 Å². The largest absolute Gasteiger partial charge is 0.509 e. The minimum atomic E-state index is -0.471. The van der Waals surface area contributed by atoms with Gasteiger partial charge in [-0.15, -0.1) is 11.3 Å². The highest BCUT2D eigenvalue weighted by Crippen LogP contribution is 2.44. The molecule has 6 rings (SSSR count). The van der Waals surface area contributed by atoms with E-state index in [2.05, 4.69) is 4.98 Å². The van der Waals surface area contributed by atoms with Crippen LogP contribution < -0.4 is 5.56 Å². The van der Waals surface area contributed by atoms with Crippen LogP contribution in [0.2, 0.25) is 0 Å². The first-order valence-corrected chi connectivity index (χ1v) is 10.4. The zero-order chi connectivity index (χ0) is 20.2. The Labute approximate surface area is 175 Å². The van der Waals surface area contributed by atoms with Crippen molar-refractivity contribution < 1.29 is 5.11 Å². The van der Waals surface area contributed by atoms with Gasteiger partial charge in [0.25, 0.3) is 5.56 Å². The molecular weight excluding hydrogens is 394 g/mol. The zero-order valence-electron chi connectivity index (χ0n) is 15.7. The number of hydrogen-bond donors (Lipinski definition) is 1. The van der Waals surface area contributed by atoms with Crippen LogP contribution in [-0.2, 0) is 0 Å². The molecule has 0 radical (unpaired) electrons. The fourth-order valence-electron chi connectivity index (χ4n) is 4.13. The van der Waals surface area contributed by atoms with Gasteiger partial charge >= 0.3 is 0 Å². The van der Waals surface area contributed by atoms with Crippen LogP contribution in [0.4, 0.5) is 0 Å². The average molecular weight is 409 g/mol. The number of aromatic nitrogens is 3. The quantitative estimate of drug-likeness (QED) is 0.449. The van der Waals surface area contributed by atoms with Gasteiger partial charge in [-0.3, -0.25) is 4.79 Å². The Morgan fingerprint density at radius 3 is 2.43 bits per heavy atom. The summed E-state index contributed by atoms with van der Waals surface area (Å²) in [5.74, 6) is 0.604. The minimum Gasteiger partial charge on any atom is -0.509 e. The molecule has 1 N–H and O–H groups in total. The van der Waals surface area contributed by atoms with E-state index in [4.69, 9.17) is 4.98 Å². The summed E-state index contributed by atoms with van der Waals surface area (Å²) in [5.41, 5.74) is 2.73. The molecule has 1 aliphatic rings. The molecule has 0 bridgehead atoms. The highest BCUT2D eigenvalue weighted by molar-refractivity contribution is 7.19. The van der Waals surface area contributed by atoms with Crippen LogP contribution >= 0.6 is 11.3 Å². The predicted octanol–water partition coefficient (Wildman–Crippen LogP) is 4.93. The summed E-state index contributed by atoms with van der Waals surface area (Å²) in [6.45, 7) is 0. The monoisotopic (exact) mass is 409 g/mol. The van der Waals surface area contributed by atoms with Crippen LogP contribution in [0.15, 0.2) is 89.4 Å². The van der Waals surface area contributed by atoms with Crippen molar-refractivity contribution >= 4 is 38.0 Å². The van der Waals surface area contributed by atoms with Gasteiger partial charge in [-0.05, 0) is 29.8 Å². The molecule has 6 heteroatoms. The van der Waals surface area contributed by atoms with Crippen LogP contribution in [-0.4, -0.2) is 19.6 Å². The highest BCUT2D eigenvalue weighted by atomic mass is 32.1. The molecule has 0 fully saturated rings. The number of hydrogen-bond acceptors (Lipinski definition) is 5. The Kier molecular flexibility index (Phi) is 3.63. The third-order valence-corrected chi connectivity index (χ3v) is 6.50. The molecule has 1 atom stereocenters. The maximum absolute atomic E-state index is 12.8. The standard InChI is InChI=1S/C24H15N3O2S/c28-21-19(24-25-16-11-5-7-13-18(16)30-24)22-26-23(29)15-10-4-6-12-17(15)27(22)20(21)14-8-2-1-3-9-14/h1-13,20,28H/t20-/m0/s1. The van der Waals surface area contributed by atoms with Gasteiger partial charge in [-0.25, -0.2) is 4.98 Å². The van der Waals surface area contributed by atoms with Gasteiger partial charge in [-0.2, -0.15) is 4.98 Å². The van der Waals surface area contributed by atoms with E-state index in [9.17, 15) is 9.90 Å². The Bertz CT molecular complexity index is 1500. The number of para-hydroxylation sites is 2. The molecule has 3 heterocycles. The highest BCUT2D eigenvalue weighted by Gasteiger charge is 2.36. The molecular formula is C24H15N3O2S. The summed E-state index contributed by atoms with van der Waals surface area (Å²) < 4.78 is 2.97. The summed E-state index contributed by atoms with van der Waals surface area (Å²) in [5, 5.41) is 12.6. The second kappa shape index (κ2) is 6.37. The number of fused-ring (bicyclic) bond motifs is 4. The second-order valence-electron chi connectivity index (χ2n) is 7.19. The van der Waals surface area contributed by atoms with Gasteiger partial charge in [0.05, 0.1) is 26.7 Å². The first kappa shape index (κ1) is 17.1. The van der Waals surface area contributed by atoms with Gasteiger partial charge in [0.15, 0.2) is 5.82 Å². The molecule has 0 amide bonds. The summed E-state index contributed by atoms with van der Waals surface area (Å²) in [6.07, 6.45) is 0. The lowest BCUT2D eigenvalue weighted by molar-refractivity contribution is 0.365. The van der Waals surface area contributed by atoms with Gasteiger partial charge in [0.2, 0.25) is 0 Å². The molecule has 1 aliphatic heterocycles. The number of benzene rings is 3. The molecule has 0 saturated carbocycles. The summed E-state index contributed by atoms with van der Waals surface area (Å²) in [4.78, 5) is 21.9. The molecule has 0 aliphatic carbocycles. The number of nitrogens with zero attached hydrogens (tertiary/aromatic N) is 3. The Hall–Kier alpha value is -3.77. The van der Waals surface area contributed by atoms with Gasteiger partial charge < -0.3 is 9.67 Å². The minimum absolute atomic E-state index is 0.156. The number of aliphatic hydroxyl groups excluding tert-OH is 1. The molecule has 144 valence electrons. The third-order valence-electron chi connectivity index (χ3n) is 5.45. The van der Waals surface area contributed by atoms with Crippen LogP contribution in [0, 0.1) is 0 Å². The van der Waals surface area contributed by atoms with E-state index in [0.717, 1.165) is 21.3 Å². The molecule has 0 spiro atoms. The van der Waals surface area contributed by atoms with Crippen molar-refractivity contribution in [2.45, 2.75) is 6.04 Å². The van der Waals surface area contributed by atoms with Crippen molar-refractivity contribution in [2.75, 3.05) is 0 Å². The van der Waals surface area contributed by atoms with E-state index in [1.54, 1.807) is 6.07 Å². The van der Waals surface area contributed by atoms with Crippen LogP contribution in [0.1, 0.15) is 22.4 Å². The van der Waals surface area contributed by atoms with Crippen molar-refractivity contribution in [1.29, 1.82) is 0 Å². The summed E-state index contributed by atoms with van der Waals surface area (Å²) in [6, 6.07) is 24.5. The average Bonchev–Trinajstić information content (AvgIpc) is 3.32. The second-order valence-corrected chi connectivity index (χ2v) is 8.22. The number of thiazole rings is 1. The van der Waals surface area contributed by atoms with E-state index < -0.39 is 6.04 Å². The van der Waals surface area contributed by atoms with Crippen LogP contribution in [0.25, 0.3) is 26.7 Å². The Morgan fingerprint density at radius 2 is 1.60 bits per heavy atom. The lowest BCUT2D eigenvalue weighted by Crippen LogP contribution is -2.19. The topological polar surface area (TPSA) is 68.0 Å². The molecule has 5 nitrogen and oxygen atoms in total. The van der Waals surface area contributed by atoms with Gasteiger partial charge in [0, 0.05) is 0 Å². The molecule has 3 aromatic carbocycles. The summed E-state index contributed by atoms with van der Waals surface area (Å²) in [7, 11) is 0. The Balaban J connectivity index is 1.72. The first-order valence-electron chi connectivity index (χ1n) is 9.58. The fourth-order valence-corrected chi connectivity index (χ4v) is 5.14. The lowest BCUT2D eigenvalue weighted by atomic mass is 10.0. The number of rotatable bonds is 2. The van der Waals surface area contributed by atoms with Gasteiger partial charge in [-0.1, -0.05) is 54.6 Å². The molecule has 2 aromatic heterocycles. The van der Waals surface area contributed by atoms with Crippen molar-refractivity contribution in [1.82, 2.24) is 14.5 Å². The third kappa shape index (κ3) is 2.37. The maximum Gasteiger partial charge on any atom is 0.281 e. The van der Waals surface area contributed by atoms with Crippen molar-refractivity contribution in [2.24, 2.45) is 0 Å². The van der Waals surface area contributed by atoms with Crippen LogP contribution in [0.5, 0.6) is 0 Å². The summed E-state index contributed by atoms with van der Waals surface area (Å²) >= 11 is 1.49. The molecule has 0 saturated heterocycles. The van der Waals surface area contributed by atoms with Crippen molar-refractivity contribution in [3.63, 3.8) is 0 Å². The molecule has 5 aromatic rings.